The number of amides is 1. The number of piperidine rings is 1. The molecular weight excluding hydrogens is 446 g/mol. The van der Waals surface area contributed by atoms with Crippen molar-refractivity contribution >= 4 is 26.8 Å². The number of aromatic amines is 1. The Morgan fingerprint density at radius 3 is 2.56 bits per heavy atom. The number of carbonyl (C=O) groups excluding carboxylic acids is 1. The minimum Gasteiger partial charge on any atom is -0.358 e. The Hall–Kier alpha value is -2.64. The highest BCUT2D eigenvalue weighted by Crippen LogP contribution is 2.31. The molecule has 0 radical (unpaired) electrons. The number of H-pyrrole nitrogens is 1. The molecule has 1 amide bonds. The molecule has 7 heteroatoms. The number of likely N-dealkylation sites (N-methyl/N-ethyl adjacent to an activating group) is 1. The van der Waals surface area contributed by atoms with Crippen LogP contribution in [0.5, 0.6) is 0 Å². The van der Waals surface area contributed by atoms with Gasteiger partial charge in [-0.05, 0) is 80.2 Å². The van der Waals surface area contributed by atoms with Crippen LogP contribution in [0.3, 0.4) is 0 Å². The predicted octanol–water partition coefficient (Wildman–Crippen LogP) is 4.15. The van der Waals surface area contributed by atoms with Crippen molar-refractivity contribution in [1.29, 1.82) is 0 Å². The fourth-order valence-electron chi connectivity index (χ4n) is 5.43. The summed E-state index contributed by atoms with van der Waals surface area (Å²) in [4.78, 5) is 18.5. The lowest BCUT2D eigenvalue weighted by atomic mass is 9.90. The van der Waals surface area contributed by atoms with E-state index in [0.29, 0.717) is 19.0 Å². The quantitative estimate of drug-likeness (QED) is 0.577. The van der Waals surface area contributed by atoms with Crippen molar-refractivity contribution in [2.45, 2.75) is 49.8 Å². The van der Waals surface area contributed by atoms with Gasteiger partial charge in [0.05, 0.1) is 11.4 Å². The van der Waals surface area contributed by atoms with Gasteiger partial charge in [-0.2, -0.15) is 4.31 Å². The Bertz CT molecular complexity index is 1280. The van der Waals surface area contributed by atoms with Gasteiger partial charge in [-0.3, -0.25) is 4.79 Å². The van der Waals surface area contributed by atoms with Gasteiger partial charge in [0.25, 0.3) is 0 Å². The molecule has 180 valence electrons. The van der Waals surface area contributed by atoms with Crippen LogP contribution in [0.2, 0.25) is 0 Å². The van der Waals surface area contributed by atoms with E-state index in [2.05, 4.69) is 29.2 Å². The number of sulfonamides is 1. The average Bonchev–Trinajstić information content (AvgIpc) is 3.23. The number of nitrogens with one attached hydrogen (secondary N) is 1. The summed E-state index contributed by atoms with van der Waals surface area (Å²) >= 11 is 0. The van der Waals surface area contributed by atoms with Crippen LogP contribution in [-0.2, 0) is 34.1 Å². The third-order valence-electron chi connectivity index (χ3n) is 7.47. The third kappa shape index (κ3) is 4.64. The first-order chi connectivity index (χ1) is 16.4. The molecule has 1 aliphatic heterocycles. The van der Waals surface area contributed by atoms with E-state index in [9.17, 15) is 13.2 Å². The molecule has 2 aromatic carbocycles. The molecule has 1 saturated heterocycles. The van der Waals surface area contributed by atoms with Gasteiger partial charge < -0.3 is 9.88 Å². The number of aryl methyl sites for hydroxylation is 2. The lowest BCUT2D eigenvalue weighted by Crippen LogP contribution is -2.44. The monoisotopic (exact) mass is 479 g/mol. The van der Waals surface area contributed by atoms with Crippen LogP contribution in [0.4, 0.5) is 0 Å². The molecule has 0 atom stereocenters. The van der Waals surface area contributed by atoms with E-state index in [0.717, 1.165) is 49.4 Å². The standard InChI is InChI=1S/C27H33N3O3S/c1-29(19-27(31)30-15-13-21(14-16-30)17-20-7-3-2-4-8-20)34(32,33)22-11-12-26-24(18-22)23-9-5-6-10-25(23)28-26/h2-4,7-8,11-12,18,21,28H,5-6,9-10,13-17,19H2,1H3. The van der Waals surface area contributed by atoms with Crippen molar-refractivity contribution in [2.75, 3.05) is 26.7 Å². The summed E-state index contributed by atoms with van der Waals surface area (Å²) in [5.74, 6) is 0.441. The van der Waals surface area contributed by atoms with Crippen molar-refractivity contribution < 1.29 is 13.2 Å². The lowest BCUT2D eigenvalue weighted by Gasteiger charge is -2.33. The van der Waals surface area contributed by atoms with Crippen molar-refractivity contribution in [3.63, 3.8) is 0 Å². The number of carbonyl (C=O) groups is 1. The number of rotatable bonds is 6. The zero-order chi connectivity index (χ0) is 23.7. The summed E-state index contributed by atoms with van der Waals surface area (Å²) in [6, 6.07) is 15.7. The number of nitrogens with zero attached hydrogens (tertiary/aromatic N) is 2. The number of hydrogen-bond acceptors (Lipinski definition) is 3. The smallest absolute Gasteiger partial charge is 0.243 e. The van der Waals surface area contributed by atoms with Crippen molar-refractivity contribution in [3.05, 3.63) is 65.4 Å². The summed E-state index contributed by atoms with van der Waals surface area (Å²) in [5, 5.41) is 0.996. The van der Waals surface area contributed by atoms with Gasteiger partial charge in [0.2, 0.25) is 15.9 Å². The molecule has 2 aliphatic rings. The van der Waals surface area contributed by atoms with Crippen molar-refractivity contribution in [1.82, 2.24) is 14.2 Å². The van der Waals surface area contributed by atoms with Gasteiger partial charge >= 0.3 is 0 Å². The summed E-state index contributed by atoms with van der Waals surface area (Å²) in [7, 11) is -2.24. The van der Waals surface area contributed by atoms with E-state index in [1.807, 2.05) is 17.0 Å². The van der Waals surface area contributed by atoms with Crippen LogP contribution >= 0.6 is 0 Å². The van der Waals surface area contributed by atoms with Crippen molar-refractivity contribution in [3.8, 4) is 0 Å². The van der Waals surface area contributed by atoms with Crippen molar-refractivity contribution in [2.24, 2.45) is 5.92 Å². The number of aromatic nitrogens is 1. The molecule has 1 N–H and O–H groups in total. The number of likely N-dealkylation sites (tertiary alicyclic amines) is 1. The molecule has 0 spiro atoms. The topological polar surface area (TPSA) is 73.5 Å². The molecule has 0 unspecified atom stereocenters. The fraction of sp³-hybridized carbons (Fsp3) is 0.444. The second kappa shape index (κ2) is 9.55. The first-order valence-corrected chi connectivity index (χ1v) is 13.8. The van der Waals surface area contributed by atoms with E-state index in [1.165, 1.54) is 34.6 Å². The van der Waals surface area contributed by atoms with E-state index in [-0.39, 0.29) is 17.3 Å². The van der Waals surface area contributed by atoms with Gasteiger partial charge in [0.15, 0.2) is 0 Å². The Balaban J connectivity index is 1.22. The highest BCUT2D eigenvalue weighted by Gasteiger charge is 2.28. The first kappa shape index (κ1) is 23.1. The largest absolute Gasteiger partial charge is 0.358 e. The van der Waals surface area contributed by atoms with Gasteiger partial charge in [-0.25, -0.2) is 8.42 Å². The van der Waals surface area contributed by atoms with E-state index in [4.69, 9.17) is 0 Å². The van der Waals surface area contributed by atoms with Gasteiger partial charge in [-0.15, -0.1) is 0 Å². The van der Waals surface area contributed by atoms with E-state index < -0.39 is 10.0 Å². The van der Waals surface area contributed by atoms with Crippen LogP contribution in [0.1, 0.15) is 42.5 Å². The van der Waals surface area contributed by atoms with Gasteiger partial charge in [-0.1, -0.05) is 30.3 Å². The Morgan fingerprint density at radius 1 is 1.06 bits per heavy atom. The molecule has 0 bridgehead atoms. The van der Waals surface area contributed by atoms with Gasteiger partial charge in [0, 0.05) is 36.7 Å². The van der Waals surface area contributed by atoms with E-state index in [1.54, 1.807) is 12.1 Å². The summed E-state index contributed by atoms with van der Waals surface area (Å²) < 4.78 is 27.8. The number of benzene rings is 2. The fourth-order valence-corrected chi connectivity index (χ4v) is 6.58. The Morgan fingerprint density at radius 2 is 1.79 bits per heavy atom. The second-order valence-corrected chi connectivity index (χ2v) is 11.8. The molecular formula is C27H33N3O3S. The minimum absolute atomic E-state index is 0.121. The summed E-state index contributed by atoms with van der Waals surface area (Å²) in [6.45, 7) is 1.24. The maximum absolute atomic E-state index is 13.3. The van der Waals surface area contributed by atoms with Crippen LogP contribution in [-0.4, -0.2) is 55.2 Å². The number of fused-ring (bicyclic) bond motifs is 3. The zero-order valence-corrected chi connectivity index (χ0v) is 20.6. The first-order valence-electron chi connectivity index (χ1n) is 12.3. The van der Waals surface area contributed by atoms with Gasteiger partial charge in [0.1, 0.15) is 0 Å². The minimum atomic E-state index is -3.75. The Kier molecular flexibility index (Phi) is 6.49. The molecule has 1 aromatic heterocycles. The molecule has 6 nitrogen and oxygen atoms in total. The maximum Gasteiger partial charge on any atom is 0.243 e. The van der Waals surface area contributed by atoms with Crippen LogP contribution < -0.4 is 0 Å². The molecule has 1 aliphatic carbocycles. The lowest BCUT2D eigenvalue weighted by molar-refractivity contribution is -0.132. The molecule has 1 fully saturated rings. The summed E-state index contributed by atoms with van der Waals surface area (Å²) in [6.07, 6.45) is 7.23. The average molecular weight is 480 g/mol. The second-order valence-electron chi connectivity index (χ2n) is 9.77. The third-order valence-corrected chi connectivity index (χ3v) is 9.27. The number of hydrogen-bond donors (Lipinski definition) is 1. The highest BCUT2D eigenvalue weighted by atomic mass is 32.2. The zero-order valence-electron chi connectivity index (χ0n) is 19.8. The van der Waals surface area contributed by atoms with E-state index >= 15 is 0 Å². The molecule has 3 aromatic rings. The Labute approximate surface area is 202 Å². The SMILES string of the molecule is CN(CC(=O)N1CCC(Cc2ccccc2)CC1)S(=O)(=O)c1ccc2[nH]c3c(c2c1)CCCC3. The van der Waals surface area contributed by atoms with Crippen LogP contribution in [0.25, 0.3) is 10.9 Å². The highest BCUT2D eigenvalue weighted by molar-refractivity contribution is 7.89. The molecule has 5 rings (SSSR count). The molecule has 2 heterocycles. The molecule has 0 saturated carbocycles. The normalized spacial score (nSPS) is 17.3. The summed E-state index contributed by atoms with van der Waals surface area (Å²) in [5.41, 5.74) is 4.80. The molecule has 34 heavy (non-hydrogen) atoms. The predicted molar refractivity (Wildman–Crippen MR) is 134 cm³/mol. The maximum atomic E-state index is 13.3. The van der Waals surface area contributed by atoms with Crippen LogP contribution in [0.15, 0.2) is 53.4 Å². The van der Waals surface area contributed by atoms with Crippen LogP contribution in [0, 0.1) is 5.92 Å².